The predicted molar refractivity (Wildman–Crippen MR) is 73.2 cm³/mol. The lowest BCUT2D eigenvalue weighted by Crippen LogP contribution is -2.24. The summed E-state index contributed by atoms with van der Waals surface area (Å²) in [5, 5.41) is 3.32. The molecule has 0 saturated carbocycles. The van der Waals surface area contributed by atoms with E-state index in [9.17, 15) is 4.79 Å². The molecular weight excluding hydrogens is 226 g/mol. The number of hydrogen-bond donors (Lipinski definition) is 1. The van der Waals surface area contributed by atoms with Crippen LogP contribution in [0.1, 0.15) is 32.8 Å². The van der Waals surface area contributed by atoms with Gasteiger partial charge < -0.3 is 10.1 Å². The molecule has 0 radical (unpaired) electrons. The molecule has 0 unspecified atom stereocenters. The van der Waals surface area contributed by atoms with Crippen LogP contribution in [0.4, 0.5) is 0 Å². The Kier molecular flexibility index (Phi) is 5.86. The van der Waals surface area contributed by atoms with Crippen molar-refractivity contribution >= 4 is 5.97 Å². The Morgan fingerprint density at radius 2 is 1.89 bits per heavy atom. The van der Waals surface area contributed by atoms with Gasteiger partial charge in [-0.15, -0.1) is 0 Å². The van der Waals surface area contributed by atoms with Crippen LogP contribution in [0.15, 0.2) is 30.3 Å². The molecule has 0 spiro atoms. The number of carbonyl (C=O) groups is 1. The highest BCUT2D eigenvalue weighted by atomic mass is 16.5. The summed E-state index contributed by atoms with van der Waals surface area (Å²) in [4.78, 5) is 11.5. The van der Waals surface area contributed by atoms with Crippen molar-refractivity contribution in [1.82, 2.24) is 5.32 Å². The zero-order chi connectivity index (χ0) is 13.4. The minimum atomic E-state index is -0.405. The van der Waals surface area contributed by atoms with Crippen LogP contribution in [-0.4, -0.2) is 19.1 Å². The minimum absolute atomic E-state index is 0.134. The molecular formula is C15H23NO2. The normalized spacial score (nSPS) is 11.3. The first-order valence-corrected chi connectivity index (χ1v) is 6.42. The van der Waals surface area contributed by atoms with Crippen molar-refractivity contribution in [3.05, 3.63) is 35.9 Å². The lowest BCUT2D eigenvalue weighted by Gasteiger charge is -2.16. The highest BCUT2D eigenvalue weighted by Gasteiger charge is 2.22. The quantitative estimate of drug-likeness (QED) is 0.622. The first kappa shape index (κ1) is 14.7. The molecule has 0 heterocycles. The van der Waals surface area contributed by atoms with Crippen LogP contribution < -0.4 is 5.32 Å². The van der Waals surface area contributed by atoms with Crippen molar-refractivity contribution < 1.29 is 9.53 Å². The van der Waals surface area contributed by atoms with E-state index in [1.54, 1.807) is 0 Å². The third-order valence-corrected chi connectivity index (χ3v) is 2.52. The third-order valence-electron chi connectivity index (χ3n) is 2.52. The molecule has 0 atom stereocenters. The molecule has 0 fully saturated rings. The molecule has 0 saturated heterocycles. The van der Waals surface area contributed by atoms with Crippen LogP contribution in [-0.2, 0) is 16.1 Å². The van der Waals surface area contributed by atoms with E-state index in [0.29, 0.717) is 6.61 Å². The fourth-order valence-electron chi connectivity index (χ4n) is 1.41. The molecule has 1 N–H and O–H groups in total. The molecule has 0 aliphatic heterocycles. The smallest absolute Gasteiger partial charge is 0.311 e. The van der Waals surface area contributed by atoms with E-state index in [2.05, 4.69) is 17.4 Å². The fourth-order valence-corrected chi connectivity index (χ4v) is 1.41. The van der Waals surface area contributed by atoms with E-state index < -0.39 is 5.41 Å². The van der Waals surface area contributed by atoms with Gasteiger partial charge in [-0.25, -0.2) is 0 Å². The predicted octanol–water partition coefficient (Wildman–Crippen LogP) is 2.76. The molecule has 3 heteroatoms. The van der Waals surface area contributed by atoms with Gasteiger partial charge in [0.05, 0.1) is 12.0 Å². The van der Waals surface area contributed by atoms with Gasteiger partial charge in [-0.1, -0.05) is 30.3 Å². The summed E-state index contributed by atoms with van der Waals surface area (Å²) in [6, 6.07) is 10.2. The lowest BCUT2D eigenvalue weighted by atomic mass is 9.97. The second kappa shape index (κ2) is 7.17. The van der Waals surface area contributed by atoms with Gasteiger partial charge in [0.15, 0.2) is 0 Å². The van der Waals surface area contributed by atoms with E-state index in [0.717, 1.165) is 19.5 Å². The second-order valence-electron chi connectivity index (χ2n) is 5.40. The number of hydrogen-bond acceptors (Lipinski definition) is 3. The van der Waals surface area contributed by atoms with Crippen LogP contribution in [0.25, 0.3) is 0 Å². The first-order valence-electron chi connectivity index (χ1n) is 6.42. The Labute approximate surface area is 110 Å². The zero-order valence-electron chi connectivity index (χ0n) is 11.5. The van der Waals surface area contributed by atoms with E-state index in [1.165, 1.54) is 5.56 Å². The Hall–Kier alpha value is -1.35. The highest BCUT2D eigenvalue weighted by molar-refractivity contribution is 5.75. The van der Waals surface area contributed by atoms with Gasteiger partial charge in [0.2, 0.25) is 0 Å². The van der Waals surface area contributed by atoms with Crippen LogP contribution in [0, 0.1) is 5.41 Å². The molecule has 18 heavy (non-hydrogen) atoms. The summed E-state index contributed by atoms with van der Waals surface area (Å²) in [6.45, 7) is 7.78. The van der Waals surface area contributed by atoms with Crippen LogP contribution in [0.5, 0.6) is 0 Å². The topological polar surface area (TPSA) is 38.3 Å². The highest BCUT2D eigenvalue weighted by Crippen LogP contribution is 2.14. The van der Waals surface area contributed by atoms with Gasteiger partial charge in [0, 0.05) is 6.54 Å². The van der Waals surface area contributed by atoms with Gasteiger partial charge in [-0.3, -0.25) is 4.79 Å². The standard InChI is InChI=1S/C15H23NO2/c1-15(2,3)14(17)18-11-7-10-16-12-13-8-5-4-6-9-13/h4-6,8-9,16H,7,10-12H2,1-3H3. The summed E-state index contributed by atoms with van der Waals surface area (Å²) >= 11 is 0. The van der Waals surface area contributed by atoms with Gasteiger partial charge in [-0.05, 0) is 39.3 Å². The van der Waals surface area contributed by atoms with Crippen molar-refractivity contribution in [2.24, 2.45) is 5.41 Å². The fraction of sp³-hybridized carbons (Fsp3) is 0.533. The average molecular weight is 249 g/mol. The molecule has 0 bridgehead atoms. The molecule has 1 aromatic carbocycles. The molecule has 1 rings (SSSR count). The summed E-state index contributed by atoms with van der Waals surface area (Å²) in [7, 11) is 0. The summed E-state index contributed by atoms with van der Waals surface area (Å²) in [5.41, 5.74) is 0.862. The van der Waals surface area contributed by atoms with E-state index in [4.69, 9.17) is 4.74 Å². The van der Waals surface area contributed by atoms with Crippen molar-refractivity contribution in [1.29, 1.82) is 0 Å². The number of esters is 1. The maximum Gasteiger partial charge on any atom is 0.311 e. The molecule has 1 aromatic rings. The molecule has 0 amide bonds. The Balaban J connectivity index is 2.05. The largest absolute Gasteiger partial charge is 0.465 e. The molecule has 0 aliphatic rings. The third kappa shape index (κ3) is 5.82. The van der Waals surface area contributed by atoms with Gasteiger partial charge in [0.1, 0.15) is 0 Å². The van der Waals surface area contributed by atoms with Crippen molar-refractivity contribution in [2.75, 3.05) is 13.2 Å². The van der Waals surface area contributed by atoms with E-state index in [-0.39, 0.29) is 5.97 Å². The molecule has 0 aromatic heterocycles. The maximum atomic E-state index is 11.5. The minimum Gasteiger partial charge on any atom is -0.465 e. The van der Waals surface area contributed by atoms with Gasteiger partial charge >= 0.3 is 5.97 Å². The number of nitrogens with one attached hydrogen (secondary N) is 1. The number of benzene rings is 1. The number of ether oxygens (including phenoxy) is 1. The second-order valence-corrected chi connectivity index (χ2v) is 5.40. The summed E-state index contributed by atoms with van der Waals surface area (Å²) in [5.74, 6) is -0.134. The maximum absolute atomic E-state index is 11.5. The summed E-state index contributed by atoms with van der Waals surface area (Å²) < 4.78 is 5.18. The van der Waals surface area contributed by atoms with Crippen molar-refractivity contribution in [3.8, 4) is 0 Å². The molecule has 0 aliphatic carbocycles. The van der Waals surface area contributed by atoms with Gasteiger partial charge in [0.25, 0.3) is 0 Å². The van der Waals surface area contributed by atoms with Crippen molar-refractivity contribution in [3.63, 3.8) is 0 Å². The SMILES string of the molecule is CC(C)(C)C(=O)OCCCNCc1ccccc1. The van der Waals surface area contributed by atoms with Crippen LogP contribution in [0.3, 0.4) is 0 Å². The van der Waals surface area contributed by atoms with Crippen LogP contribution >= 0.6 is 0 Å². The number of rotatable bonds is 6. The molecule has 100 valence electrons. The van der Waals surface area contributed by atoms with E-state index in [1.807, 2.05) is 39.0 Å². The monoisotopic (exact) mass is 249 g/mol. The lowest BCUT2D eigenvalue weighted by molar-refractivity contribution is -0.152. The summed E-state index contributed by atoms with van der Waals surface area (Å²) in [6.07, 6.45) is 0.842. The Bertz CT molecular complexity index is 355. The van der Waals surface area contributed by atoms with Crippen molar-refractivity contribution in [2.45, 2.75) is 33.7 Å². The first-order chi connectivity index (χ1) is 8.50. The Morgan fingerprint density at radius 1 is 1.22 bits per heavy atom. The average Bonchev–Trinajstić information content (AvgIpc) is 2.33. The van der Waals surface area contributed by atoms with E-state index >= 15 is 0 Å². The van der Waals surface area contributed by atoms with Gasteiger partial charge in [-0.2, -0.15) is 0 Å². The number of carbonyl (C=O) groups excluding carboxylic acids is 1. The molecule has 3 nitrogen and oxygen atoms in total. The zero-order valence-corrected chi connectivity index (χ0v) is 11.5. The van der Waals surface area contributed by atoms with Crippen LogP contribution in [0.2, 0.25) is 0 Å². The Morgan fingerprint density at radius 3 is 2.50 bits per heavy atom.